The number of carbonyl (C=O) groups is 1. The molecule has 0 fully saturated rings. The van der Waals surface area contributed by atoms with Crippen LogP contribution in [0, 0.1) is 0 Å². The lowest BCUT2D eigenvalue weighted by atomic mass is 10.2. The van der Waals surface area contributed by atoms with Crippen LogP contribution in [0.15, 0.2) is 18.5 Å². The number of carboxylic acid groups (broad SMARTS) is 1. The molecule has 0 radical (unpaired) electrons. The predicted molar refractivity (Wildman–Crippen MR) is 55.0 cm³/mol. The topological polar surface area (TPSA) is 63.1 Å². The maximum Gasteiger partial charge on any atom is 0.319 e. The van der Waals surface area contributed by atoms with Crippen LogP contribution in [0.2, 0.25) is 0 Å². The largest absolute Gasteiger partial charge is 0.480 e. The molecular formula is C9H12N2O2S. The number of hydrogen-bond acceptors (Lipinski definition) is 4. The van der Waals surface area contributed by atoms with Crippen LogP contribution < -0.4 is 0 Å². The molecule has 14 heavy (non-hydrogen) atoms. The Bertz CT molecular complexity index is 314. The van der Waals surface area contributed by atoms with E-state index in [0.29, 0.717) is 11.6 Å². The second-order valence-corrected chi connectivity index (χ2v) is 4.87. The van der Waals surface area contributed by atoms with Crippen LogP contribution in [0.3, 0.4) is 0 Å². The Labute approximate surface area is 86.8 Å². The van der Waals surface area contributed by atoms with Gasteiger partial charge in [-0.2, -0.15) is 0 Å². The molecule has 1 heterocycles. The second-order valence-electron chi connectivity index (χ2n) is 3.27. The summed E-state index contributed by atoms with van der Waals surface area (Å²) in [5.74, 6) is 0.352. The standard InChI is InChI=1S/C9H12N2O2S/c1-9(2,8(12)13)14-6-7-10-4-3-5-11-7/h3-5H,6H2,1-2H3,(H,12,13). The minimum Gasteiger partial charge on any atom is -0.480 e. The molecule has 0 aliphatic carbocycles. The molecule has 5 heteroatoms. The van der Waals surface area contributed by atoms with Crippen molar-refractivity contribution in [2.45, 2.75) is 24.3 Å². The summed E-state index contributed by atoms with van der Waals surface area (Å²) in [5.41, 5.74) is 0. The highest BCUT2D eigenvalue weighted by molar-refractivity contribution is 8.00. The third kappa shape index (κ3) is 2.99. The predicted octanol–water partition coefficient (Wildman–Crippen LogP) is 1.57. The maximum atomic E-state index is 10.8. The van der Waals surface area contributed by atoms with Crippen molar-refractivity contribution in [3.05, 3.63) is 24.3 Å². The fraction of sp³-hybridized carbons (Fsp3) is 0.444. The van der Waals surface area contributed by atoms with E-state index in [2.05, 4.69) is 9.97 Å². The van der Waals surface area contributed by atoms with Crippen LogP contribution in [0.5, 0.6) is 0 Å². The van der Waals surface area contributed by atoms with Gasteiger partial charge < -0.3 is 5.11 Å². The van der Waals surface area contributed by atoms with E-state index in [1.807, 2.05) is 0 Å². The smallest absolute Gasteiger partial charge is 0.319 e. The van der Waals surface area contributed by atoms with Crippen molar-refractivity contribution < 1.29 is 9.90 Å². The fourth-order valence-corrected chi connectivity index (χ4v) is 1.47. The Hall–Kier alpha value is -1.10. The van der Waals surface area contributed by atoms with Gasteiger partial charge in [0.15, 0.2) is 0 Å². The molecule has 0 atom stereocenters. The first kappa shape index (κ1) is 11.0. The van der Waals surface area contributed by atoms with Gasteiger partial charge in [-0.15, -0.1) is 11.8 Å². The van der Waals surface area contributed by atoms with E-state index in [0.717, 1.165) is 0 Å². The average Bonchev–Trinajstić information content (AvgIpc) is 2.16. The van der Waals surface area contributed by atoms with E-state index in [4.69, 9.17) is 5.11 Å². The van der Waals surface area contributed by atoms with Crippen molar-refractivity contribution in [2.24, 2.45) is 0 Å². The molecular weight excluding hydrogens is 200 g/mol. The van der Waals surface area contributed by atoms with Crippen LogP contribution in [0.25, 0.3) is 0 Å². The van der Waals surface area contributed by atoms with E-state index in [1.54, 1.807) is 32.3 Å². The van der Waals surface area contributed by atoms with E-state index in [-0.39, 0.29) is 0 Å². The van der Waals surface area contributed by atoms with Crippen LogP contribution in [0.4, 0.5) is 0 Å². The number of thioether (sulfide) groups is 1. The third-order valence-corrected chi connectivity index (χ3v) is 3.00. The average molecular weight is 212 g/mol. The number of aliphatic carboxylic acids is 1. The molecule has 1 rings (SSSR count). The van der Waals surface area contributed by atoms with Crippen molar-refractivity contribution in [2.75, 3.05) is 0 Å². The number of hydrogen-bond donors (Lipinski definition) is 1. The fourth-order valence-electron chi connectivity index (χ4n) is 0.711. The Balaban J connectivity index is 2.53. The number of aromatic nitrogens is 2. The molecule has 0 bridgehead atoms. The summed E-state index contributed by atoms with van der Waals surface area (Å²) in [4.78, 5) is 18.8. The molecule has 0 saturated heterocycles. The summed E-state index contributed by atoms with van der Waals surface area (Å²) in [7, 11) is 0. The van der Waals surface area contributed by atoms with Gasteiger partial charge in [-0.1, -0.05) is 0 Å². The Morgan fingerprint density at radius 2 is 2.07 bits per heavy atom. The number of nitrogens with zero attached hydrogens (tertiary/aromatic N) is 2. The monoisotopic (exact) mass is 212 g/mol. The lowest BCUT2D eigenvalue weighted by Gasteiger charge is -2.17. The molecule has 0 spiro atoms. The Kier molecular flexibility index (Phi) is 3.46. The molecule has 1 aromatic rings. The zero-order valence-corrected chi connectivity index (χ0v) is 8.91. The molecule has 0 aliphatic rings. The van der Waals surface area contributed by atoms with Gasteiger partial charge in [0.25, 0.3) is 0 Å². The minimum absolute atomic E-state index is 0.514. The molecule has 4 nitrogen and oxygen atoms in total. The maximum absolute atomic E-state index is 10.8. The van der Waals surface area contributed by atoms with Gasteiger partial charge in [0, 0.05) is 12.4 Å². The SMILES string of the molecule is CC(C)(SCc1ncccn1)C(=O)O. The van der Waals surface area contributed by atoms with Crippen LogP contribution in [-0.2, 0) is 10.5 Å². The molecule has 0 unspecified atom stereocenters. The molecule has 0 aromatic carbocycles. The van der Waals surface area contributed by atoms with Crippen molar-refractivity contribution in [3.63, 3.8) is 0 Å². The van der Waals surface area contributed by atoms with Crippen LogP contribution in [0.1, 0.15) is 19.7 Å². The van der Waals surface area contributed by atoms with E-state index in [1.165, 1.54) is 11.8 Å². The Morgan fingerprint density at radius 1 is 1.50 bits per heavy atom. The molecule has 1 N–H and O–H groups in total. The zero-order valence-electron chi connectivity index (χ0n) is 8.10. The molecule has 76 valence electrons. The zero-order chi connectivity index (χ0) is 10.6. The molecule has 1 aromatic heterocycles. The van der Waals surface area contributed by atoms with Gasteiger partial charge in [0.05, 0.1) is 5.75 Å². The quantitative estimate of drug-likeness (QED) is 0.820. The highest BCUT2D eigenvalue weighted by atomic mass is 32.2. The molecule has 0 aliphatic heterocycles. The van der Waals surface area contributed by atoms with E-state index >= 15 is 0 Å². The first-order valence-electron chi connectivity index (χ1n) is 4.15. The number of rotatable bonds is 4. The van der Waals surface area contributed by atoms with Crippen molar-refractivity contribution in [1.29, 1.82) is 0 Å². The first-order valence-corrected chi connectivity index (χ1v) is 5.14. The minimum atomic E-state index is -0.821. The van der Waals surface area contributed by atoms with Crippen molar-refractivity contribution >= 4 is 17.7 Å². The highest BCUT2D eigenvalue weighted by Gasteiger charge is 2.27. The lowest BCUT2D eigenvalue weighted by Crippen LogP contribution is -2.27. The van der Waals surface area contributed by atoms with Crippen LogP contribution in [-0.4, -0.2) is 25.8 Å². The first-order chi connectivity index (χ1) is 6.52. The highest BCUT2D eigenvalue weighted by Crippen LogP contribution is 2.26. The summed E-state index contributed by atoms with van der Waals surface area (Å²) in [6.45, 7) is 3.34. The third-order valence-electron chi connectivity index (χ3n) is 1.70. The summed E-state index contributed by atoms with van der Waals surface area (Å²) >= 11 is 1.32. The van der Waals surface area contributed by atoms with Crippen molar-refractivity contribution in [1.82, 2.24) is 9.97 Å². The van der Waals surface area contributed by atoms with Gasteiger partial charge in [-0.25, -0.2) is 9.97 Å². The summed E-state index contributed by atoms with van der Waals surface area (Å²) in [6.07, 6.45) is 3.30. The van der Waals surface area contributed by atoms with E-state index in [9.17, 15) is 4.79 Å². The summed E-state index contributed by atoms with van der Waals surface area (Å²) < 4.78 is -0.792. The molecule has 0 saturated carbocycles. The van der Waals surface area contributed by atoms with Gasteiger partial charge >= 0.3 is 5.97 Å². The molecule has 0 amide bonds. The van der Waals surface area contributed by atoms with Gasteiger partial charge in [0.2, 0.25) is 0 Å². The lowest BCUT2D eigenvalue weighted by molar-refractivity contribution is -0.138. The normalized spacial score (nSPS) is 11.3. The second kappa shape index (κ2) is 4.41. The van der Waals surface area contributed by atoms with Gasteiger partial charge in [0.1, 0.15) is 10.6 Å². The van der Waals surface area contributed by atoms with Crippen LogP contribution >= 0.6 is 11.8 Å². The summed E-state index contributed by atoms with van der Waals surface area (Å²) in [5, 5.41) is 8.86. The van der Waals surface area contributed by atoms with E-state index < -0.39 is 10.7 Å². The van der Waals surface area contributed by atoms with Gasteiger partial charge in [-0.05, 0) is 19.9 Å². The number of carboxylic acids is 1. The summed E-state index contributed by atoms with van der Waals surface area (Å²) in [6, 6.07) is 1.73. The van der Waals surface area contributed by atoms with Crippen molar-refractivity contribution in [3.8, 4) is 0 Å². The van der Waals surface area contributed by atoms with Gasteiger partial charge in [-0.3, -0.25) is 4.79 Å². The Morgan fingerprint density at radius 3 is 2.57 bits per heavy atom.